The van der Waals surface area contributed by atoms with E-state index in [1.165, 1.54) is 11.8 Å². The molecule has 20 N–H and O–H groups in total. The molecule has 24 nitrogen and oxygen atoms in total. The molecule has 0 aliphatic carbocycles. The predicted octanol–water partition coefficient (Wildman–Crippen LogP) is -4.29. The van der Waals surface area contributed by atoms with Gasteiger partial charge in [-0.1, -0.05) is 44.2 Å². The molecule has 7 atom stereocenters. The smallest absolute Gasteiger partial charge is 0.326 e. The normalized spacial score (nSPS) is 14.1. The Balaban J connectivity index is 3.36. The highest BCUT2D eigenvalue weighted by molar-refractivity contribution is 7.98. The molecule has 0 spiro atoms. The van der Waals surface area contributed by atoms with Crippen molar-refractivity contribution in [1.82, 2.24) is 31.9 Å². The van der Waals surface area contributed by atoms with Gasteiger partial charge in [0.25, 0.3) is 0 Å². The number of aliphatic hydroxyl groups is 1. The highest BCUT2D eigenvalue weighted by Crippen LogP contribution is 2.10. The standard InChI is InChI=1S/C40H68N14O10S/c1-22(2)19-29(38(63)64)53-33(58)25(12-8-17-48-40(45)46)50-36(61)28(20-23-9-5-4-6-10-23)52-37(62)30(21-55)54-35(60)27(15-18-65-3)51-34(59)26(13-14-31(42)56)49-32(57)24(41)11-7-16-47-39(43)44/h4-6,9-10,22,24-30,55H,7-8,11-21,41H2,1-3H3,(H2,42,56)(H,49,57)(H,50,61)(H,51,59)(H,52,62)(H,53,58)(H,54,60)(H,63,64)(H4,43,44,47)(H4,45,46,48)/t24-,25-,26-,27-,28-,29-,30-/m0/s1. The number of aliphatic carboxylic acids is 1. The topological polar surface area (TPSA) is 430 Å². The third kappa shape index (κ3) is 23.9. The molecule has 0 saturated heterocycles. The van der Waals surface area contributed by atoms with Gasteiger partial charge in [-0.3, -0.25) is 43.5 Å². The van der Waals surface area contributed by atoms with Gasteiger partial charge in [-0.15, -0.1) is 0 Å². The van der Waals surface area contributed by atoms with Crippen LogP contribution < -0.4 is 66.3 Å². The molecule has 1 rings (SSSR count). The molecule has 0 radical (unpaired) electrons. The molecule has 0 saturated carbocycles. The summed E-state index contributed by atoms with van der Waals surface area (Å²) < 4.78 is 0. The molecular weight excluding hydrogens is 869 g/mol. The van der Waals surface area contributed by atoms with Crippen LogP contribution >= 0.6 is 11.8 Å². The van der Waals surface area contributed by atoms with Crippen molar-refractivity contribution < 1.29 is 48.6 Å². The average molecular weight is 937 g/mol. The van der Waals surface area contributed by atoms with Crippen molar-refractivity contribution in [3.8, 4) is 0 Å². The lowest BCUT2D eigenvalue weighted by atomic mass is 10.0. The highest BCUT2D eigenvalue weighted by atomic mass is 32.2. The minimum absolute atomic E-state index is 0.0187. The molecule has 1 aromatic carbocycles. The maximum absolute atomic E-state index is 14.0. The number of thioether (sulfide) groups is 1. The lowest BCUT2D eigenvalue weighted by Crippen LogP contribution is -2.60. The Morgan fingerprint density at radius 2 is 1.06 bits per heavy atom. The number of carbonyl (C=O) groups excluding carboxylic acids is 7. The van der Waals surface area contributed by atoms with Gasteiger partial charge >= 0.3 is 5.97 Å². The largest absolute Gasteiger partial charge is 0.480 e. The first kappa shape index (κ1) is 56.8. The summed E-state index contributed by atoms with van der Waals surface area (Å²) in [5.41, 5.74) is 33.4. The van der Waals surface area contributed by atoms with Crippen LogP contribution in [-0.4, -0.2) is 143 Å². The number of rotatable bonds is 32. The van der Waals surface area contributed by atoms with E-state index in [2.05, 4.69) is 41.9 Å². The first-order valence-corrected chi connectivity index (χ1v) is 22.4. The van der Waals surface area contributed by atoms with E-state index in [0.29, 0.717) is 17.7 Å². The van der Waals surface area contributed by atoms with Crippen LogP contribution in [0.3, 0.4) is 0 Å². The molecule has 25 heteroatoms. The second-order valence-corrected chi connectivity index (χ2v) is 16.5. The number of hydrogen-bond acceptors (Lipinski definition) is 13. The fourth-order valence-corrected chi connectivity index (χ4v) is 6.54. The Kier molecular flexibility index (Phi) is 26.9. The molecule has 364 valence electrons. The van der Waals surface area contributed by atoms with Crippen LogP contribution in [0.4, 0.5) is 0 Å². The molecule has 1 aromatic rings. The number of carboxylic acids is 1. The van der Waals surface area contributed by atoms with Crippen LogP contribution in [0, 0.1) is 5.92 Å². The number of nitrogens with zero attached hydrogens (tertiary/aromatic N) is 2. The summed E-state index contributed by atoms with van der Waals surface area (Å²) >= 11 is 1.34. The van der Waals surface area contributed by atoms with Crippen LogP contribution in [0.5, 0.6) is 0 Å². The molecule has 0 heterocycles. The summed E-state index contributed by atoms with van der Waals surface area (Å²) in [6.45, 7) is 2.88. The minimum Gasteiger partial charge on any atom is -0.480 e. The zero-order valence-electron chi connectivity index (χ0n) is 37.1. The van der Waals surface area contributed by atoms with Gasteiger partial charge in [0.1, 0.15) is 36.3 Å². The summed E-state index contributed by atoms with van der Waals surface area (Å²) in [6.07, 6.45) is 1.83. The van der Waals surface area contributed by atoms with Gasteiger partial charge in [0.05, 0.1) is 12.6 Å². The first-order chi connectivity index (χ1) is 30.7. The summed E-state index contributed by atoms with van der Waals surface area (Å²) in [5, 5.41) is 35.2. The van der Waals surface area contributed by atoms with E-state index >= 15 is 0 Å². The van der Waals surface area contributed by atoms with Gasteiger partial charge in [0.2, 0.25) is 41.4 Å². The van der Waals surface area contributed by atoms with Crippen molar-refractivity contribution in [3.05, 3.63) is 35.9 Å². The van der Waals surface area contributed by atoms with Gasteiger partial charge in [-0.2, -0.15) is 11.8 Å². The van der Waals surface area contributed by atoms with E-state index in [1.54, 1.807) is 50.4 Å². The number of carbonyl (C=O) groups is 8. The zero-order valence-corrected chi connectivity index (χ0v) is 37.9. The van der Waals surface area contributed by atoms with Crippen molar-refractivity contribution in [2.75, 3.05) is 31.7 Å². The number of aliphatic hydroxyl groups excluding tert-OH is 1. The predicted molar refractivity (Wildman–Crippen MR) is 245 cm³/mol. The van der Waals surface area contributed by atoms with Gasteiger partial charge in [0.15, 0.2) is 11.9 Å². The van der Waals surface area contributed by atoms with E-state index in [9.17, 15) is 48.6 Å². The average Bonchev–Trinajstić information content (AvgIpc) is 3.24. The van der Waals surface area contributed by atoms with Gasteiger partial charge in [-0.25, -0.2) is 4.79 Å². The summed E-state index contributed by atoms with van der Waals surface area (Å²) in [4.78, 5) is 113. The van der Waals surface area contributed by atoms with Crippen LogP contribution in [0.1, 0.15) is 70.8 Å². The van der Waals surface area contributed by atoms with Crippen LogP contribution in [0.15, 0.2) is 40.3 Å². The zero-order chi connectivity index (χ0) is 49.1. The monoisotopic (exact) mass is 936 g/mol. The number of carboxylic acid groups (broad SMARTS) is 1. The number of nitrogens with two attached hydrogens (primary N) is 6. The van der Waals surface area contributed by atoms with Gasteiger partial charge < -0.3 is 76.5 Å². The third-order valence-corrected chi connectivity index (χ3v) is 10.1. The summed E-state index contributed by atoms with van der Waals surface area (Å²) in [5.74, 6) is -7.32. The summed E-state index contributed by atoms with van der Waals surface area (Å²) in [6, 6.07) is -0.941. The molecule has 0 unspecified atom stereocenters. The fourth-order valence-electron chi connectivity index (χ4n) is 6.07. The molecular formula is C40H68N14O10S. The van der Waals surface area contributed by atoms with Gasteiger partial charge in [0, 0.05) is 25.9 Å². The number of guanidine groups is 2. The molecule has 0 bridgehead atoms. The van der Waals surface area contributed by atoms with Crippen molar-refractivity contribution >= 4 is 71.0 Å². The van der Waals surface area contributed by atoms with E-state index < -0.39 is 96.2 Å². The number of hydrogen-bond donors (Lipinski definition) is 14. The van der Waals surface area contributed by atoms with Crippen LogP contribution in [-0.2, 0) is 44.8 Å². The second kappa shape index (κ2) is 30.8. The van der Waals surface area contributed by atoms with Crippen molar-refractivity contribution in [1.29, 1.82) is 0 Å². The minimum atomic E-state index is -1.67. The Labute approximate surface area is 382 Å². The van der Waals surface area contributed by atoms with E-state index in [-0.39, 0.29) is 82.3 Å². The van der Waals surface area contributed by atoms with Crippen LogP contribution in [0.25, 0.3) is 0 Å². The first-order valence-electron chi connectivity index (χ1n) is 21.0. The second-order valence-electron chi connectivity index (χ2n) is 15.5. The van der Waals surface area contributed by atoms with Gasteiger partial charge in [-0.05, 0) is 68.4 Å². The molecule has 0 aliphatic rings. The molecule has 0 fully saturated rings. The Hall–Kier alpha value is -6.21. The summed E-state index contributed by atoms with van der Waals surface area (Å²) in [7, 11) is 0. The number of benzene rings is 1. The number of aliphatic imine (C=N–C) groups is 2. The number of amides is 7. The fraction of sp³-hybridized carbons (Fsp3) is 0.600. The maximum Gasteiger partial charge on any atom is 0.326 e. The van der Waals surface area contributed by atoms with E-state index in [1.807, 2.05) is 0 Å². The number of primary amides is 1. The number of nitrogens with one attached hydrogen (secondary N) is 6. The maximum atomic E-state index is 14.0. The lowest BCUT2D eigenvalue weighted by Gasteiger charge is -2.27. The van der Waals surface area contributed by atoms with Crippen molar-refractivity contribution in [2.24, 2.45) is 50.3 Å². The van der Waals surface area contributed by atoms with E-state index in [4.69, 9.17) is 34.4 Å². The molecule has 0 aromatic heterocycles. The molecule has 7 amide bonds. The van der Waals surface area contributed by atoms with Crippen molar-refractivity contribution in [3.63, 3.8) is 0 Å². The van der Waals surface area contributed by atoms with E-state index in [0.717, 1.165) is 0 Å². The SMILES string of the molecule is CSCC[C@H](NC(=O)[C@H](CCC(N)=O)NC(=O)[C@@H](N)CCCN=C(N)N)C(=O)N[C@@H](CO)C(=O)N[C@@H](Cc1ccccc1)C(=O)N[C@@H](CCCN=C(N)N)C(=O)N[C@@H](CC(C)C)C(=O)O. The quantitative estimate of drug-likeness (QED) is 0.0185. The highest BCUT2D eigenvalue weighted by Gasteiger charge is 2.34. The van der Waals surface area contributed by atoms with Crippen molar-refractivity contribution in [2.45, 2.75) is 114 Å². The Morgan fingerprint density at radius 1 is 0.615 bits per heavy atom. The molecule has 0 aliphatic heterocycles. The third-order valence-electron chi connectivity index (χ3n) is 9.49. The Bertz CT molecular complexity index is 1780. The van der Waals surface area contributed by atoms with Crippen LogP contribution in [0.2, 0.25) is 0 Å². The Morgan fingerprint density at radius 3 is 1.55 bits per heavy atom. The molecule has 65 heavy (non-hydrogen) atoms. The lowest BCUT2D eigenvalue weighted by molar-refractivity contribution is -0.143.